The Bertz CT molecular complexity index is 1330. The Hall–Kier alpha value is -3.56. The van der Waals surface area contributed by atoms with Gasteiger partial charge in [0.15, 0.2) is 0 Å². The number of para-hydroxylation sites is 2. The molecule has 10 heteroatoms. The number of nitrogens with zero attached hydrogens (tertiary/aromatic N) is 2. The normalized spacial score (nSPS) is 11.9. The number of benzene rings is 3. The highest BCUT2D eigenvalue weighted by molar-refractivity contribution is 7.92. The van der Waals surface area contributed by atoms with Crippen molar-refractivity contribution in [3.8, 4) is 5.75 Å². The van der Waals surface area contributed by atoms with Crippen LogP contribution in [0.4, 0.5) is 5.69 Å². The number of amides is 2. The van der Waals surface area contributed by atoms with Crippen LogP contribution in [0.5, 0.6) is 5.75 Å². The van der Waals surface area contributed by atoms with Crippen LogP contribution in [0.15, 0.2) is 83.8 Å². The van der Waals surface area contributed by atoms with Gasteiger partial charge in [0.1, 0.15) is 18.3 Å². The Kier molecular flexibility index (Phi) is 10.2. The third-order valence-electron chi connectivity index (χ3n) is 6.01. The highest BCUT2D eigenvalue weighted by atomic mass is 35.5. The van der Waals surface area contributed by atoms with Crippen LogP contribution in [-0.4, -0.2) is 57.9 Å². The molecule has 2 amide bonds. The standard InChI is InChI=1S/C28H32ClN3O5S/c1-4-37-26-13-9-8-12-25(26)32(38(35,36)24-16-14-23(29)15-17-24)20-27(33)31(21(2)28(34)30-3)19-18-22-10-6-5-7-11-22/h5-17,21H,4,18-20H2,1-3H3,(H,30,34)/t21-/m0/s1. The molecule has 0 bridgehead atoms. The molecule has 0 fully saturated rings. The van der Waals surface area contributed by atoms with Crippen LogP contribution in [0.25, 0.3) is 0 Å². The Morgan fingerprint density at radius 1 is 0.974 bits per heavy atom. The van der Waals surface area contributed by atoms with Crippen molar-refractivity contribution in [1.29, 1.82) is 0 Å². The van der Waals surface area contributed by atoms with E-state index in [0.29, 0.717) is 23.8 Å². The molecule has 0 heterocycles. The van der Waals surface area contributed by atoms with E-state index in [1.54, 1.807) is 38.1 Å². The zero-order chi connectivity index (χ0) is 27.7. The summed E-state index contributed by atoms with van der Waals surface area (Å²) in [6, 6.07) is 21.1. The smallest absolute Gasteiger partial charge is 0.264 e. The lowest BCUT2D eigenvalue weighted by molar-refractivity contribution is -0.138. The second-order valence-electron chi connectivity index (χ2n) is 8.48. The molecule has 1 N–H and O–H groups in total. The number of likely N-dealkylation sites (N-methyl/N-ethyl adjacent to an activating group) is 1. The Labute approximate surface area is 229 Å². The first-order valence-electron chi connectivity index (χ1n) is 12.2. The maximum atomic E-state index is 13.9. The van der Waals surface area contributed by atoms with Gasteiger partial charge in [0.05, 0.1) is 17.2 Å². The van der Waals surface area contributed by atoms with Gasteiger partial charge in [-0.15, -0.1) is 0 Å². The van der Waals surface area contributed by atoms with Gasteiger partial charge in [-0.25, -0.2) is 8.42 Å². The van der Waals surface area contributed by atoms with E-state index in [9.17, 15) is 18.0 Å². The number of carbonyl (C=O) groups is 2. The summed E-state index contributed by atoms with van der Waals surface area (Å²) >= 11 is 5.99. The summed E-state index contributed by atoms with van der Waals surface area (Å²) < 4.78 is 34.5. The van der Waals surface area contributed by atoms with Gasteiger partial charge in [-0.05, 0) is 62.2 Å². The highest BCUT2D eigenvalue weighted by Gasteiger charge is 2.33. The summed E-state index contributed by atoms with van der Waals surface area (Å²) in [5, 5.41) is 2.96. The predicted octanol–water partition coefficient (Wildman–Crippen LogP) is 4.14. The average molecular weight is 558 g/mol. The number of halogens is 1. The van der Waals surface area contributed by atoms with Crippen molar-refractivity contribution in [2.24, 2.45) is 0 Å². The Morgan fingerprint density at radius 2 is 1.61 bits per heavy atom. The molecule has 0 radical (unpaired) electrons. The number of sulfonamides is 1. The molecular weight excluding hydrogens is 526 g/mol. The molecule has 0 aliphatic carbocycles. The van der Waals surface area contributed by atoms with E-state index >= 15 is 0 Å². The van der Waals surface area contributed by atoms with Crippen molar-refractivity contribution >= 4 is 39.1 Å². The van der Waals surface area contributed by atoms with Crippen molar-refractivity contribution in [1.82, 2.24) is 10.2 Å². The lowest BCUT2D eigenvalue weighted by Gasteiger charge is -2.32. The fourth-order valence-electron chi connectivity index (χ4n) is 3.97. The summed E-state index contributed by atoms with van der Waals surface area (Å²) in [4.78, 5) is 27.7. The SMILES string of the molecule is CCOc1ccccc1N(CC(=O)N(CCc1ccccc1)[C@@H](C)C(=O)NC)S(=O)(=O)c1ccc(Cl)cc1. The molecule has 0 aliphatic heterocycles. The van der Waals surface area contributed by atoms with Gasteiger partial charge in [-0.3, -0.25) is 13.9 Å². The van der Waals surface area contributed by atoms with E-state index in [1.165, 1.54) is 36.2 Å². The molecular formula is C28H32ClN3O5S. The van der Waals surface area contributed by atoms with Crippen molar-refractivity contribution in [2.45, 2.75) is 31.2 Å². The first kappa shape index (κ1) is 29.0. The topological polar surface area (TPSA) is 96.0 Å². The van der Waals surface area contributed by atoms with E-state index in [1.807, 2.05) is 30.3 Å². The van der Waals surface area contributed by atoms with Crippen molar-refractivity contribution in [2.75, 3.05) is 31.0 Å². The molecule has 3 aromatic carbocycles. The molecule has 0 unspecified atom stereocenters. The van der Waals surface area contributed by atoms with E-state index in [-0.39, 0.29) is 23.0 Å². The van der Waals surface area contributed by atoms with E-state index in [4.69, 9.17) is 16.3 Å². The maximum Gasteiger partial charge on any atom is 0.264 e. The molecule has 202 valence electrons. The van der Waals surface area contributed by atoms with Gasteiger partial charge in [-0.1, -0.05) is 54.1 Å². The summed E-state index contributed by atoms with van der Waals surface area (Å²) in [7, 11) is -2.72. The Balaban J connectivity index is 2.03. The number of carbonyl (C=O) groups excluding carboxylic acids is 2. The first-order chi connectivity index (χ1) is 18.2. The summed E-state index contributed by atoms with van der Waals surface area (Å²) in [5.74, 6) is -0.565. The quantitative estimate of drug-likeness (QED) is 0.361. The number of ether oxygens (including phenoxy) is 1. The minimum atomic E-state index is -4.21. The van der Waals surface area contributed by atoms with Gasteiger partial charge in [-0.2, -0.15) is 0 Å². The molecule has 38 heavy (non-hydrogen) atoms. The number of nitrogens with one attached hydrogen (secondary N) is 1. The first-order valence-corrected chi connectivity index (χ1v) is 14.1. The van der Waals surface area contributed by atoms with E-state index in [2.05, 4.69) is 5.32 Å². The molecule has 0 saturated heterocycles. The summed E-state index contributed by atoms with van der Waals surface area (Å²) in [5.41, 5.74) is 1.20. The fourth-order valence-corrected chi connectivity index (χ4v) is 5.52. The van der Waals surface area contributed by atoms with Gasteiger partial charge in [0.25, 0.3) is 10.0 Å². The molecule has 3 aromatic rings. The minimum Gasteiger partial charge on any atom is -0.492 e. The number of hydrogen-bond acceptors (Lipinski definition) is 5. The van der Waals surface area contributed by atoms with Crippen LogP contribution < -0.4 is 14.4 Å². The minimum absolute atomic E-state index is 0.0313. The van der Waals surface area contributed by atoms with E-state index in [0.717, 1.165) is 9.87 Å². The summed E-state index contributed by atoms with van der Waals surface area (Å²) in [6.45, 7) is 3.39. The second-order valence-corrected chi connectivity index (χ2v) is 10.8. The zero-order valence-electron chi connectivity index (χ0n) is 21.6. The van der Waals surface area contributed by atoms with Crippen LogP contribution in [0.1, 0.15) is 19.4 Å². The van der Waals surface area contributed by atoms with Crippen molar-refractivity contribution in [3.63, 3.8) is 0 Å². The lowest BCUT2D eigenvalue weighted by Crippen LogP contribution is -2.51. The zero-order valence-corrected chi connectivity index (χ0v) is 23.2. The molecule has 0 aromatic heterocycles. The summed E-state index contributed by atoms with van der Waals surface area (Å²) in [6.07, 6.45) is 0.493. The van der Waals surface area contributed by atoms with Crippen LogP contribution in [0.2, 0.25) is 5.02 Å². The van der Waals surface area contributed by atoms with Gasteiger partial charge < -0.3 is 15.0 Å². The van der Waals surface area contributed by atoms with Crippen LogP contribution in [0, 0.1) is 0 Å². The molecule has 0 aliphatic rings. The van der Waals surface area contributed by atoms with Crippen LogP contribution in [-0.2, 0) is 26.0 Å². The Morgan fingerprint density at radius 3 is 2.24 bits per heavy atom. The highest BCUT2D eigenvalue weighted by Crippen LogP contribution is 2.33. The monoisotopic (exact) mass is 557 g/mol. The molecule has 0 spiro atoms. The van der Waals surface area contributed by atoms with Gasteiger partial charge >= 0.3 is 0 Å². The molecule has 3 rings (SSSR count). The fraction of sp³-hybridized carbons (Fsp3) is 0.286. The molecule has 1 atom stereocenters. The van der Waals surface area contributed by atoms with Gasteiger partial charge in [0.2, 0.25) is 11.8 Å². The van der Waals surface area contributed by atoms with Crippen LogP contribution in [0.3, 0.4) is 0 Å². The maximum absolute atomic E-state index is 13.9. The number of hydrogen-bond donors (Lipinski definition) is 1. The van der Waals surface area contributed by atoms with Crippen LogP contribution >= 0.6 is 11.6 Å². The second kappa shape index (κ2) is 13.3. The molecule has 0 saturated carbocycles. The average Bonchev–Trinajstić information content (AvgIpc) is 2.92. The van der Waals surface area contributed by atoms with E-state index < -0.39 is 28.5 Å². The number of anilines is 1. The van der Waals surface area contributed by atoms with Crippen molar-refractivity contribution < 1.29 is 22.7 Å². The largest absolute Gasteiger partial charge is 0.492 e. The number of rotatable bonds is 12. The lowest BCUT2D eigenvalue weighted by atomic mass is 10.1. The van der Waals surface area contributed by atoms with Crippen molar-refractivity contribution in [3.05, 3.63) is 89.4 Å². The third-order valence-corrected chi connectivity index (χ3v) is 8.04. The van der Waals surface area contributed by atoms with Gasteiger partial charge in [0, 0.05) is 18.6 Å². The molecule has 8 nitrogen and oxygen atoms in total. The third kappa shape index (κ3) is 7.05. The predicted molar refractivity (Wildman–Crippen MR) is 149 cm³/mol.